The van der Waals surface area contributed by atoms with Crippen LogP contribution in [0.4, 0.5) is 17.5 Å². The molecule has 2 aromatic rings. The monoisotopic (exact) mass is 350 g/mol. The average molecular weight is 351 g/mol. The lowest BCUT2D eigenvalue weighted by Crippen LogP contribution is -2.16. The summed E-state index contributed by atoms with van der Waals surface area (Å²) < 4.78 is 0. The van der Waals surface area contributed by atoms with Crippen LogP contribution in [-0.2, 0) is 0 Å². The number of rotatable bonds is 6. The van der Waals surface area contributed by atoms with E-state index in [1.165, 1.54) is 12.8 Å². The lowest BCUT2D eigenvalue weighted by atomic mass is 10.2. The molecule has 0 aliphatic heterocycles. The minimum absolute atomic E-state index is 0.321. The normalized spacial score (nSPS) is 15.3. The first-order chi connectivity index (χ1) is 11.1. The van der Waals surface area contributed by atoms with Gasteiger partial charge in [-0.25, -0.2) is 4.98 Å². The molecule has 1 saturated carbocycles. The number of anilines is 3. The summed E-state index contributed by atoms with van der Waals surface area (Å²) in [5, 5.41) is 7.72. The standard InChI is InChI=1S/C17H20Cl2N4/c1-3-10(2)20-17-21-14(11-7-8-11)9-15(23-17)22-16-12(18)5-4-6-13(16)19/h4-6,9-11H,3,7-8H2,1-2H3,(H2,20,21,22,23)/t10-/m1/s1. The molecule has 1 aliphatic rings. The second kappa shape index (κ2) is 6.93. The van der Waals surface area contributed by atoms with Gasteiger partial charge >= 0.3 is 0 Å². The molecule has 0 amide bonds. The van der Waals surface area contributed by atoms with Crippen LogP contribution in [0.2, 0.25) is 10.0 Å². The van der Waals surface area contributed by atoms with Gasteiger partial charge in [0.05, 0.1) is 21.4 Å². The van der Waals surface area contributed by atoms with Crippen LogP contribution >= 0.6 is 23.2 Å². The summed E-state index contributed by atoms with van der Waals surface area (Å²) in [6.45, 7) is 4.25. The summed E-state index contributed by atoms with van der Waals surface area (Å²) in [6.07, 6.45) is 3.38. The van der Waals surface area contributed by atoms with E-state index in [4.69, 9.17) is 23.2 Å². The van der Waals surface area contributed by atoms with Crippen LogP contribution in [0.25, 0.3) is 0 Å². The van der Waals surface area contributed by atoms with Crippen LogP contribution < -0.4 is 10.6 Å². The molecule has 1 aromatic heterocycles. The fraction of sp³-hybridized carbons (Fsp3) is 0.412. The summed E-state index contributed by atoms with van der Waals surface area (Å²) >= 11 is 12.5. The molecule has 2 N–H and O–H groups in total. The van der Waals surface area contributed by atoms with Gasteiger partial charge in [-0.3, -0.25) is 0 Å². The van der Waals surface area contributed by atoms with E-state index in [2.05, 4.69) is 34.4 Å². The number of halogens is 2. The highest BCUT2D eigenvalue weighted by atomic mass is 35.5. The predicted octanol–water partition coefficient (Wildman–Crippen LogP) is 5.61. The Morgan fingerprint density at radius 2 is 1.91 bits per heavy atom. The zero-order valence-corrected chi connectivity index (χ0v) is 14.7. The quantitative estimate of drug-likeness (QED) is 0.710. The van der Waals surface area contributed by atoms with Crippen LogP contribution in [0.5, 0.6) is 0 Å². The summed E-state index contributed by atoms with van der Waals surface area (Å²) in [5.74, 6) is 1.90. The van der Waals surface area contributed by atoms with Gasteiger partial charge in [0.1, 0.15) is 5.82 Å². The van der Waals surface area contributed by atoms with E-state index in [0.717, 1.165) is 12.1 Å². The first kappa shape index (κ1) is 16.3. The van der Waals surface area contributed by atoms with Gasteiger partial charge in [-0.05, 0) is 38.3 Å². The molecule has 1 aromatic carbocycles. The molecule has 3 rings (SSSR count). The van der Waals surface area contributed by atoms with Crippen LogP contribution in [0.3, 0.4) is 0 Å². The van der Waals surface area contributed by atoms with Crippen molar-refractivity contribution in [3.8, 4) is 0 Å². The summed E-state index contributed by atoms with van der Waals surface area (Å²) in [6, 6.07) is 7.73. The number of nitrogens with zero attached hydrogens (tertiary/aromatic N) is 2. The zero-order valence-electron chi connectivity index (χ0n) is 13.2. The van der Waals surface area contributed by atoms with Gasteiger partial charge in [0, 0.05) is 18.0 Å². The number of nitrogens with one attached hydrogen (secondary N) is 2. The topological polar surface area (TPSA) is 49.8 Å². The third-order valence-corrected chi connectivity index (χ3v) is 4.58. The number of hydrogen-bond acceptors (Lipinski definition) is 4. The molecular formula is C17H20Cl2N4. The molecule has 0 saturated heterocycles. The van der Waals surface area contributed by atoms with Gasteiger partial charge in [-0.2, -0.15) is 4.98 Å². The van der Waals surface area contributed by atoms with Gasteiger partial charge < -0.3 is 10.6 Å². The molecule has 1 aliphatic carbocycles. The second-order valence-electron chi connectivity index (χ2n) is 5.95. The highest BCUT2D eigenvalue weighted by molar-refractivity contribution is 6.39. The van der Waals surface area contributed by atoms with Crippen molar-refractivity contribution in [3.05, 3.63) is 40.0 Å². The number of aromatic nitrogens is 2. The molecule has 6 heteroatoms. The molecule has 1 fully saturated rings. The fourth-order valence-electron chi connectivity index (χ4n) is 2.25. The van der Waals surface area contributed by atoms with E-state index in [-0.39, 0.29) is 0 Å². The Kier molecular flexibility index (Phi) is 4.93. The molecular weight excluding hydrogens is 331 g/mol. The Morgan fingerprint density at radius 1 is 1.22 bits per heavy atom. The maximum Gasteiger partial charge on any atom is 0.225 e. The maximum atomic E-state index is 6.23. The summed E-state index contributed by atoms with van der Waals surface area (Å²) in [7, 11) is 0. The van der Waals surface area contributed by atoms with Crippen molar-refractivity contribution in [1.29, 1.82) is 0 Å². The van der Waals surface area contributed by atoms with Gasteiger partial charge in [0.25, 0.3) is 0 Å². The Hall–Kier alpha value is -1.52. The lowest BCUT2D eigenvalue weighted by Gasteiger charge is -2.15. The predicted molar refractivity (Wildman–Crippen MR) is 97.1 cm³/mol. The van der Waals surface area contributed by atoms with Gasteiger partial charge in [-0.1, -0.05) is 36.2 Å². The van der Waals surface area contributed by atoms with Crippen molar-refractivity contribution < 1.29 is 0 Å². The largest absolute Gasteiger partial charge is 0.352 e. The smallest absolute Gasteiger partial charge is 0.225 e. The first-order valence-corrected chi connectivity index (χ1v) is 8.69. The highest BCUT2D eigenvalue weighted by Crippen LogP contribution is 2.40. The zero-order chi connectivity index (χ0) is 16.4. The van der Waals surface area contributed by atoms with Gasteiger partial charge in [0.15, 0.2) is 0 Å². The third kappa shape index (κ3) is 4.06. The Labute approximate surface area is 146 Å². The van der Waals surface area contributed by atoms with Crippen molar-refractivity contribution in [2.45, 2.75) is 45.1 Å². The Bertz CT molecular complexity index is 681. The van der Waals surface area contributed by atoms with Crippen molar-refractivity contribution >= 4 is 40.7 Å². The fourth-order valence-corrected chi connectivity index (χ4v) is 2.74. The molecule has 1 heterocycles. The van der Waals surface area contributed by atoms with Crippen molar-refractivity contribution in [2.24, 2.45) is 0 Å². The SMILES string of the molecule is CC[C@@H](C)Nc1nc(Nc2c(Cl)cccc2Cl)cc(C2CC2)n1. The molecule has 0 spiro atoms. The van der Waals surface area contributed by atoms with E-state index in [0.29, 0.717) is 39.5 Å². The minimum Gasteiger partial charge on any atom is -0.352 e. The highest BCUT2D eigenvalue weighted by Gasteiger charge is 2.26. The van der Waals surface area contributed by atoms with Crippen molar-refractivity contribution in [1.82, 2.24) is 9.97 Å². The number of para-hydroxylation sites is 1. The van der Waals surface area contributed by atoms with Crippen LogP contribution in [-0.4, -0.2) is 16.0 Å². The first-order valence-electron chi connectivity index (χ1n) is 7.93. The average Bonchev–Trinajstić information content (AvgIpc) is 3.35. The summed E-state index contributed by atoms with van der Waals surface area (Å²) in [5.41, 5.74) is 1.74. The molecule has 1 atom stereocenters. The van der Waals surface area contributed by atoms with E-state index in [9.17, 15) is 0 Å². The molecule has 4 nitrogen and oxygen atoms in total. The molecule has 0 radical (unpaired) electrons. The van der Waals surface area contributed by atoms with E-state index >= 15 is 0 Å². The number of hydrogen-bond donors (Lipinski definition) is 2. The maximum absolute atomic E-state index is 6.23. The van der Waals surface area contributed by atoms with Crippen LogP contribution in [0, 0.1) is 0 Å². The molecule has 122 valence electrons. The van der Waals surface area contributed by atoms with E-state index in [1.807, 2.05) is 12.1 Å². The van der Waals surface area contributed by atoms with Crippen molar-refractivity contribution in [2.75, 3.05) is 10.6 Å². The minimum atomic E-state index is 0.321. The Morgan fingerprint density at radius 3 is 2.52 bits per heavy atom. The van der Waals surface area contributed by atoms with Crippen LogP contribution in [0.15, 0.2) is 24.3 Å². The van der Waals surface area contributed by atoms with E-state index in [1.54, 1.807) is 12.1 Å². The van der Waals surface area contributed by atoms with Gasteiger partial charge in [-0.15, -0.1) is 0 Å². The second-order valence-corrected chi connectivity index (χ2v) is 6.77. The van der Waals surface area contributed by atoms with Gasteiger partial charge in [0.2, 0.25) is 5.95 Å². The lowest BCUT2D eigenvalue weighted by molar-refractivity contribution is 0.750. The van der Waals surface area contributed by atoms with E-state index < -0.39 is 0 Å². The Balaban J connectivity index is 1.91. The molecule has 0 unspecified atom stereocenters. The third-order valence-electron chi connectivity index (χ3n) is 3.95. The number of benzene rings is 1. The molecule has 0 bridgehead atoms. The summed E-state index contributed by atoms with van der Waals surface area (Å²) in [4.78, 5) is 9.20. The van der Waals surface area contributed by atoms with Crippen LogP contribution in [0.1, 0.15) is 44.7 Å². The molecule has 23 heavy (non-hydrogen) atoms. The van der Waals surface area contributed by atoms with Crippen molar-refractivity contribution in [3.63, 3.8) is 0 Å².